The highest BCUT2D eigenvalue weighted by Crippen LogP contribution is 2.63. The molecule has 540 valence electrons. The fourth-order valence-corrected chi connectivity index (χ4v) is 18.7. The zero-order valence-corrected chi connectivity index (χ0v) is 64.0. The van der Waals surface area contributed by atoms with E-state index in [0.29, 0.717) is 12.3 Å². The molecule has 6 nitrogen and oxygen atoms in total. The van der Waals surface area contributed by atoms with Crippen molar-refractivity contribution in [2.24, 2.45) is 21.1 Å². The van der Waals surface area contributed by atoms with E-state index < -0.39 is 6.17 Å². The van der Waals surface area contributed by atoms with E-state index in [2.05, 4.69) is 320 Å². The number of aromatic nitrogens is 2. The molecule has 5 unspecified atom stereocenters. The summed E-state index contributed by atoms with van der Waals surface area (Å²) in [6.07, 6.45) is 44.5. The highest BCUT2D eigenvalue weighted by atomic mass is 15.0. The Kier molecular flexibility index (Phi) is 18.5. The fourth-order valence-electron chi connectivity index (χ4n) is 18.7. The molecule has 18 rings (SSSR count). The van der Waals surface area contributed by atoms with Crippen LogP contribution in [0.15, 0.2) is 330 Å². The minimum absolute atomic E-state index is 0.000425. The van der Waals surface area contributed by atoms with Gasteiger partial charge >= 0.3 is 0 Å². The summed E-state index contributed by atoms with van der Waals surface area (Å²) in [4.78, 5) is 21.0. The van der Waals surface area contributed by atoms with Crippen LogP contribution in [-0.4, -0.2) is 28.1 Å². The molecule has 10 aromatic rings. The first-order chi connectivity index (χ1) is 53.7. The van der Waals surface area contributed by atoms with E-state index in [1.165, 1.54) is 122 Å². The molecule has 9 aromatic carbocycles. The third-order valence-corrected chi connectivity index (χ3v) is 25.4. The Morgan fingerprint density at radius 2 is 1.37 bits per heavy atom. The largest absolute Gasteiger partial charge is 0.381 e. The van der Waals surface area contributed by atoms with E-state index >= 15 is 0 Å². The van der Waals surface area contributed by atoms with Crippen LogP contribution in [0.3, 0.4) is 0 Å². The summed E-state index contributed by atoms with van der Waals surface area (Å²) in [7, 11) is 0. The van der Waals surface area contributed by atoms with Gasteiger partial charge in [-0.1, -0.05) is 332 Å². The molecule has 1 aromatic heterocycles. The average Bonchev–Trinajstić information content (AvgIpc) is 1.55. The van der Waals surface area contributed by atoms with Crippen LogP contribution in [0.2, 0.25) is 0 Å². The van der Waals surface area contributed by atoms with Gasteiger partial charge in [-0.2, -0.15) is 0 Å². The first kappa shape index (κ1) is 70.0. The van der Waals surface area contributed by atoms with Gasteiger partial charge in [-0.25, -0.2) is 20.0 Å². The Bertz CT molecular complexity index is 5820. The van der Waals surface area contributed by atoms with E-state index in [9.17, 15) is 0 Å². The Balaban J connectivity index is 0.614. The maximum absolute atomic E-state index is 6.86. The molecule has 8 aliphatic rings. The Labute approximate surface area is 649 Å². The molecule has 0 bridgehead atoms. The number of nitrogens with zero attached hydrogens (tertiary/aromatic N) is 4. The average molecular weight is 1430 g/mol. The van der Waals surface area contributed by atoms with Crippen molar-refractivity contribution in [2.45, 2.75) is 134 Å². The van der Waals surface area contributed by atoms with E-state index in [1.807, 2.05) is 36.5 Å². The first-order valence-electron chi connectivity index (χ1n) is 39.8. The molecule has 6 heteroatoms. The highest BCUT2D eigenvalue weighted by Gasteiger charge is 2.53. The van der Waals surface area contributed by atoms with Crippen molar-refractivity contribution in [1.82, 2.24) is 15.3 Å². The molecule has 3 N–H and O–H groups in total. The zero-order chi connectivity index (χ0) is 74.7. The summed E-state index contributed by atoms with van der Waals surface area (Å²) in [6, 6.07) is 78.0. The second-order valence-corrected chi connectivity index (χ2v) is 32.4. The number of benzene rings is 9. The van der Waals surface area contributed by atoms with Gasteiger partial charge in [-0.15, -0.1) is 0 Å². The monoisotopic (exact) mass is 1430 g/mol. The van der Waals surface area contributed by atoms with Crippen molar-refractivity contribution in [1.29, 1.82) is 0 Å². The number of nitrogens with two attached hydrogens (primary N) is 1. The van der Waals surface area contributed by atoms with Gasteiger partial charge in [0.1, 0.15) is 6.17 Å². The second kappa shape index (κ2) is 29.0. The van der Waals surface area contributed by atoms with E-state index in [-0.39, 0.29) is 34.1 Å². The predicted molar refractivity (Wildman–Crippen MR) is 462 cm³/mol. The summed E-state index contributed by atoms with van der Waals surface area (Å²) in [5.74, 6) is 1.73. The summed E-state index contributed by atoms with van der Waals surface area (Å²) in [5, 5.41) is 6.53. The number of hydrogen-bond acceptors (Lipinski definition) is 5. The summed E-state index contributed by atoms with van der Waals surface area (Å²) >= 11 is 0. The highest BCUT2D eigenvalue weighted by molar-refractivity contribution is 6.06. The minimum atomic E-state index is -0.565. The number of aliphatic imine (C=N–C) groups is 2. The third kappa shape index (κ3) is 13.1. The maximum atomic E-state index is 6.86. The zero-order valence-electron chi connectivity index (χ0n) is 64.0. The normalized spacial score (nSPS) is 21.7. The number of fused-ring (bicyclic) bond motifs is 10. The van der Waals surface area contributed by atoms with Gasteiger partial charge in [-0.3, -0.25) is 0 Å². The van der Waals surface area contributed by atoms with Crippen molar-refractivity contribution in [3.05, 3.63) is 404 Å². The van der Waals surface area contributed by atoms with Crippen LogP contribution in [0.5, 0.6) is 0 Å². The molecule has 7 aliphatic carbocycles. The smallest absolute Gasteiger partial charge is 0.160 e. The van der Waals surface area contributed by atoms with Crippen molar-refractivity contribution >= 4 is 56.3 Å². The van der Waals surface area contributed by atoms with Gasteiger partial charge in [0.25, 0.3) is 0 Å². The Hall–Kier alpha value is -11.7. The standard InChI is InChI=1S/C104H94N6/c1-7-96-89(34-22-30-84-64-98(73-46-41-70(42-47-73)68-23-10-8-11-24-68)109-101(107-84)81-50-45-69-25-14-15-28-76(69)59-81)86-55-51-77(60-83(86)61-80-29-16-17-31-85(80)90-32-19-21-36-97(90)108-96)79-53-57-88-87-56-52-78(62-94(87)102(2,3)95(88)63-79)71-39-37-67(38-40-71)66-106-100(110-99(105)74-26-12-9-13-27-74)75-48-43-72(44-49-75)82-54-58-93-91-33-18-20-35-92(91)103(4,5)104(93,6)65-82/h9-10,12-29,31-37,39,41-60,62,64,66,79,90,97,99,108H,7-8,11,30,38,40,61,63,65,105H2,1-6H3/b34-22-,96-89-,106-66?,110-100?. The van der Waals surface area contributed by atoms with Crippen molar-refractivity contribution < 1.29 is 0 Å². The van der Waals surface area contributed by atoms with E-state index in [1.54, 1.807) is 0 Å². The summed E-state index contributed by atoms with van der Waals surface area (Å²) in [6.45, 7) is 14.5. The van der Waals surface area contributed by atoms with Crippen LogP contribution < -0.4 is 11.1 Å². The molecule has 0 spiro atoms. The number of rotatable bonds is 14. The quantitative estimate of drug-likeness (QED) is 0.0839. The molecule has 0 fully saturated rings. The number of allylic oxidation sites excluding steroid dienone is 22. The maximum Gasteiger partial charge on any atom is 0.160 e. The van der Waals surface area contributed by atoms with Gasteiger partial charge in [0.15, 0.2) is 11.7 Å². The van der Waals surface area contributed by atoms with Crippen LogP contribution in [0.4, 0.5) is 0 Å². The second-order valence-electron chi connectivity index (χ2n) is 32.4. The van der Waals surface area contributed by atoms with E-state index in [4.69, 9.17) is 25.7 Å². The van der Waals surface area contributed by atoms with Crippen LogP contribution in [0, 0.1) is 5.41 Å². The van der Waals surface area contributed by atoms with E-state index in [0.717, 1.165) is 96.4 Å². The molecule has 110 heavy (non-hydrogen) atoms. The SMILES string of the molecule is CC/C1=C(\C=C/Cc2cc(-c3ccc(C4=CCCC=C4)cc3)nc(-c3ccc4ccccc4c3)n2)c2ccc(C3C=CC4=C(C3)C(C)(C)c3cc(C5=CC=C(C=NC(=NC(N)c6ccccc6)c6ccc(C7=CC=C8c9ccccc9C(C)(C)C8(C)C7)cc6)CC5)ccc34)cc2Cc2ccccc2C2C=CC=CC2N1. The molecular formula is C104H94N6. The molecule has 1 aliphatic heterocycles. The molecule has 0 radical (unpaired) electrons. The van der Waals surface area contributed by atoms with Crippen LogP contribution in [0.25, 0.3) is 66.9 Å². The first-order valence-corrected chi connectivity index (χ1v) is 39.8. The topological polar surface area (TPSA) is 88.5 Å². The van der Waals surface area contributed by atoms with Crippen LogP contribution >= 0.6 is 0 Å². The van der Waals surface area contributed by atoms with Gasteiger partial charge < -0.3 is 11.1 Å². The lowest BCUT2D eigenvalue weighted by Crippen LogP contribution is -2.35. The van der Waals surface area contributed by atoms with Crippen molar-refractivity contribution in [2.75, 3.05) is 0 Å². The molecular weight excluding hydrogens is 1330 g/mol. The number of nitrogens with one attached hydrogen (secondary N) is 1. The van der Waals surface area contributed by atoms with Crippen LogP contribution in [0.1, 0.15) is 188 Å². The lowest BCUT2D eigenvalue weighted by atomic mass is 9.61. The molecule has 0 saturated carbocycles. The van der Waals surface area contributed by atoms with Gasteiger partial charge in [0.05, 0.1) is 11.7 Å². The Morgan fingerprint density at radius 1 is 0.618 bits per heavy atom. The van der Waals surface area contributed by atoms with Gasteiger partial charge in [0.2, 0.25) is 0 Å². The lowest BCUT2D eigenvalue weighted by Gasteiger charge is -2.42. The van der Waals surface area contributed by atoms with Gasteiger partial charge in [0, 0.05) is 74.4 Å². The molecule has 5 atom stereocenters. The number of hydrogen-bond donors (Lipinski definition) is 2. The molecule has 2 heterocycles. The predicted octanol–water partition coefficient (Wildman–Crippen LogP) is 24.6. The summed E-state index contributed by atoms with van der Waals surface area (Å²) < 4.78 is 0. The lowest BCUT2D eigenvalue weighted by molar-refractivity contribution is 0.275. The third-order valence-electron chi connectivity index (χ3n) is 25.4. The molecule has 0 amide bonds. The fraction of sp³-hybridized carbons (Fsp3) is 0.212. The van der Waals surface area contributed by atoms with Crippen molar-refractivity contribution in [3.63, 3.8) is 0 Å². The number of amidine groups is 1. The summed E-state index contributed by atoms with van der Waals surface area (Å²) in [5.41, 5.74) is 40.4. The van der Waals surface area contributed by atoms with Crippen LogP contribution in [-0.2, 0) is 23.7 Å². The van der Waals surface area contributed by atoms with Crippen molar-refractivity contribution in [3.8, 4) is 22.6 Å². The Morgan fingerprint density at radius 3 is 2.20 bits per heavy atom. The van der Waals surface area contributed by atoms with Gasteiger partial charge in [-0.05, 0) is 186 Å². The minimum Gasteiger partial charge on any atom is -0.381 e. The molecule has 0 saturated heterocycles.